The number of nitrogens with zero attached hydrogens (tertiary/aromatic N) is 2. The molecule has 0 saturated carbocycles. The molecular weight excluding hydrogens is 212 g/mol. The second-order valence-electron chi connectivity index (χ2n) is 3.79. The van der Waals surface area contributed by atoms with Crippen molar-refractivity contribution in [1.82, 2.24) is 9.78 Å². The van der Waals surface area contributed by atoms with Gasteiger partial charge in [-0.05, 0) is 18.2 Å². The van der Waals surface area contributed by atoms with Crippen LogP contribution in [0, 0.1) is 0 Å². The van der Waals surface area contributed by atoms with Crippen LogP contribution < -0.4 is 0 Å². The Morgan fingerprint density at radius 3 is 2.59 bits per heavy atom. The lowest BCUT2D eigenvalue weighted by molar-refractivity contribution is 0.112. The number of fused-ring (bicyclic) bond motifs is 1. The summed E-state index contributed by atoms with van der Waals surface area (Å²) in [5, 5.41) is 5.30. The standard InChI is InChI=1S/C14H10N2O/c17-10-12-6-4-5-11-9-15-16(14(11)12)13-7-2-1-3-8-13/h1-10H. The smallest absolute Gasteiger partial charge is 0.152 e. The second-order valence-corrected chi connectivity index (χ2v) is 3.79. The van der Waals surface area contributed by atoms with Gasteiger partial charge >= 0.3 is 0 Å². The van der Waals surface area contributed by atoms with Gasteiger partial charge in [-0.15, -0.1) is 0 Å². The first-order chi connectivity index (χ1) is 8.40. The largest absolute Gasteiger partial charge is 0.298 e. The lowest BCUT2D eigenvalue weighted by atomic mass is 10.1. The SMILES string of the molecule is O=Cc1cccc2cnn(-c3ccccc3)c12. The minimum atomic E-state index is 0.656. The molecule has 0 aliphatic carbocycles. The Morgan fingerprint density at radius 1 is 1.00 bits per heavy atom. The Bertz CT molecular complexity index is 671. The molecule has 3 nitrogen and oxygen atoms in total. The van der Waals surface area contributed by atoms with Gasteiger partial charge in [0.1, 0.15) is 0 Å². The molecule has 3 rings (SSSR count). The van der Waals surface area contributed by atoms with Crippen molar-refractivity contribution >= 4 is 17.2 Å². The highest BCUT2D eigenvalue weighted by Crippen LogP contribution is 2.20. The van der Waals surface area contributed by atoms with Gasteiger partial charge in [0, 0.05) is 10.9 Å². The molecule has 0 spiro atoms. The fourth-order valence-corrected chi connectivity index (χ4v) is 1.97. The summed E-state index contributed by atoms with van der Waals surface area (Å²) in [5.74, 6) is 0. The van der Waals surface area contributed by atoms with E-state index in [-0.39, 0.29) is 0 Å². The molecule has 82 valence electrons. The van der Waals surface area contributed by atoms with Gasteiger partial charge in [-0.1, -0.05) is 30.3 Å². The quantitative estimate of drug-likeness (QED) is 0.625. The maximum atomic E-state index is 11.1. The maximum absolute atomic E-state index is 11.1. The zero-order valence-electron chi connectivity index (χ0n) is 9.08. The van der Waals surface area contributed by atoms with E-state index >= 15 is 0 Å². The van der Waals surface area contributed by atoms with E-state index in [0.717, 1.165) is 22.9 Å². The molecular formula is C14H10N2O. The van der Waals surface area contributed by atoms with Gasteiger partial charge in [-0.3, -0.25) is 4.79 Å². The van der Waals surface area contributed by atoms with Crippen molar-refractivity contribution in [3.8, 4) is 5.69 Å². The monoisotopic (exact) mass is 222 g/mol. The van der Waals surface area contributed by atoms with Crippen LogP contribution in [0.4, 0.5) is 0 Å². The first-order valence-electron chi connectivity index (χ1n) is 5.37. The van der Waals surface area contributed by atoms with E-state index in [9.17, 15) is 4.79 Å². The number of rotatable bonds is 2. The van der Waals surface area contributed by atoms with Crippen molar-refractivity contribution < 1.29 is 4.79 Å². The molecule has 2 aromatic carbocycles. The van der Waals surface area contributed by atoms with Gasteiger partial charge < -0.3 is 0 Å². The van der Waals surface area contributed by atoms with Gasteiger partial charge in [-0.25, -0.2) is 4.68 Å². The fourth-order valence-electron chi connectivity index (χ4n) is 1.97. The topological polar surface area (TPSA) is 34.9 Å². The Morgan fingerprint density at radius 2 is 1.82 bits per heavy atom. The molecule has 1 heterocycles. The van der Waals surface area contributed by atoms with Gasteiger partial charge in [0.15, 0.2) is 6.29 Å². The van der Waals surface area contributed by atoms with Crippen LogP contribution in [0.5, 0.6) is 0 Å². The third-order valence-corrected chi connectivity index (χ3v) is 2.75. The zero-order chi connectivity index (χ0) is 11.7. The third kappa shape index (κ3) is 1.52. The number of benzene rings is 2. The van der Waals surface area contributed by atoms with Crippen LogP contribution in [0.2, 0.25) is 0 Å². The van der Waals surface area contributed by atoms with Crippen molar-refractivity contribution in [3.05, 3.63) is 60.3 Å². The van der Waals surface area contributed by atoms with Crippen molar-refractivity contribution in [2.45, 2.75) is 0 Å². The summed E-state index contributed by atoms with van der Waals surface area (Å²) in [5.41, 5.74) is 2.47. The molecule has 0 radical (unpaired) electrons. The molecule has 0 bridgehead atoms. The van der Waals surface area contributed by atoms with E-state index in [2.05, 4.69) is 5.10 Å². The zero-order valence-corrected chi connectivity index (χ0v) is 9.08. The predicted molar refractivity (Wildman–Crippen MR) is 66.5 cm³/mol. The second kappa shape index (κ2) is 3.87. The maximum Gasteiger partial charge on any atom is 0.152 e. The Balaban J connectivity index is 2.35. The Kier molecular flexibility index (Phi) is 2.22. The molecule has 0 N–H and O–H groups in total. The van der Waals surface area contributed by atoms with Gasteiger partial charge in [0.2, 0.25) is 0 Å². The fraction of sp³-hybridized carbons (Fsp3) is 0. The summed E-state index contributed by atoms with van der Waals surface area (Å²) in [6, 6.07) is 15.4. The number of carbonyl (C=O) groups is 1. The normalized spacial score (nSPS) is 10.6. The lowest BCUT2D eigenvalue weighted by Crippen LogP contribution is -1.97. The van der Waals surface area contributed by atoms with Crippen LogP contribution >= 0.6 is 0 Å². The summed E-state index contributed by atoms with van der Waals surface area (Å²) in [6.07, 6.45) is 2.64. The number of carbonyl (C=O) groups excluding carboxylic acids is 1. The molecule has 0 saturated heterocycles. The van der Waals surface area contributed by atoms with Gasteiger partial charge in [0.25, 0.3) is 0 Å². The van der Waals surface area contributed by atoms with Crippen molar-refractivity contribution in [1.29, 1.82) is 0 Å². The predicted octanol–water partition coefficient (Wildman–Crippen LogP) is 2.84. The average Bonchev–Trinajstić information content (AvgIpc) is 2.83. The first kappa shape index (κ1) is 9.78. The highest BCUT2D eigenvalue weighted by molar-refractivity contribution is 5.96. The number of aromatic nitrogens is 2. The summed E-state index contributed by atoms with van der Waals surface area (Å²) in [4.78, 5) is 11.1. The molecule has 0 aliphatic rings. The molecule has 0 fully saturated rings. The van der Waals surface area contributed by atoms with Crippen LogP contribution in [-0.2, 0) is 0 Å². The Hall–Kier alpha value is -2.42. The lowest BCUT2D eigenvalue weighted by Gasteiger charge is -2.04. The van der Waals surface area contributed by atoms with E-state index in [1.807, 2.05) is 42.5 Å². The van der Waals surface area contributed by atoms with Crippen LogP contribution in [0.1, 0.15) is 10.4 Å². The molecule has 0 amide bonds. The van der Waals surface area contributed by atoms with E-state index in [1.54, 1.807) is 16.9 Å². The number of hydrogen-bond acceptors (Lipinski definition) is 2. The number of hydrogen-bond donors (Lipinski definition) is 0. The molecule has 0 atom stereocenters. The molecule has 3 aromatic rings. The molecule has 0 aliphatic heterocycles. The van der Waals surface area contributed by atoms with Crippen molar-refractivity contribution in [3.63, 3.8) is 0 Å². The molecule has 0 unspecified atom stereocenters. The van der Waals surface area contributed by atoms with Gasteiger partial charge in [0.05, 0.1) is 17.4 Å². The third-order valence-electron chi connectivity index (χ3n) is 2.75. The van der Waals surface area contributed by atoms with Crippen LogP contribution in [0.25, 0.3) is 16.6 Å². The number of aldehydes is 1. The Labute approximate surface area is 98.3 Å². The summed E-state index contributed by atoms with van der Waals surface area (Å²) < 4.78 is 1.79. The van der Waals surface area contributed by atoms with Gasteiger partial charge in [-0.2, -0.15) is 5.10 Å². The van der Waals surface area contributed by atoms with E-state index in [1.165, 1.54) is 0 Å². The highest BCUT2D eigenvalue weighted by atomic mass is 16.1. The summed E-state index contributed by atoms with van der Waals surface area (Å²) in [7, 11) is 0. The van der Waals surface area contributed by atoms with E-state index in [0.29, 0.717) is 5.56 Å². The van der Waals surface area contributed by atoms with E-state index < -0.39 is 0 Å². The number of para-hydroxylation sites is 2. The van der Waals surface area contributed by atoms with E-state index in [4.69, 9.17) is 0 Å². The minimum Gasteiger partial charge on any atom is -0.298 e. The first-order valence-corrected chi connectivity index (χ1v) is 5.37. The molecule has 17 heavy (non-hydrogen) atoms. The minimum absolute atomic E-state index is 0.656. The van der Waals surface area contributed by atoms with Crippen LogP contribution in [0.15, 0.2) is 54.7 Å². The van der Waals surface area contributed by atoms with Crippen LogP contribution in [-0.4, -0.2) is 16.1 Å². The van der Waals surface area contributed by atoms with Crippen LogP contribution in [0.3, 0.4) is 0 Å². The summed E-state index contributed by atoms with van der Waals surface area (Å²) in [6.45, 7) is 0. The molecule has 1 aromatic heterocycles. The van der Waals surface area contributed by atoms with Crippen molar-refractivity contribution in [2.75, 3.05) is 0 Å². The average molecular weight is 222 g/mol. The van der Waals surface area contributed by atoms with Crippen molar-refractivity contribution in [2.24, 2.45) is 0 Å². The highest BCUT2D eigenvalue weighted by Gasteiger charge is 2.08. The molecule has 3 heteroatoms. The summed E-state index contributed by atoms with van der Waals surface area (Å²) >= 11 is 0.